The first-order valence-corrected chi connectivity index (χ1v) is 7.76. The minimum atomic E-state index is -0.966. The van der Waals surface area contributed by atoms with Crippen molar-refractivity contribution in [3.63, 3.8) is 0 Å². The molecule has 23 heavy (non-hydrogen) atoms. The highest BCUT2D eigenvalue weighted by Gasteiger charge is 2.16. The lowest BCUT2D eigenvalue weighted by molar-refractivity contribution is 0.0697. The van der Waals surface area contributed by atoms with E-state index in [-0.39, 0.29) is 10.8 Å². The van der Waals surface area contributed by atoms with Crippen LogP contribution in [0.5, 0.6) is 0 Å². The molecule has 1 aromatic heterocycles. The Labute approximate surface area is 138 Å². The topological polar surface area (TPSA) is 91.2 Å². The summed E-state index contributed by atoms with van der Waals surface area (Å²) in [7, 11) is 0. The van der Waals surface area contributed by atoms with Gasteiger partial charge in [0, 0.05) is 18.8 Å². The molecule has 0 bridgehead atoms. The van der Waals surface area contributed by atoms with Crippen LogP contribution in [-0.4, -0.2) is 39.1 Å². The van der Waals surface area contributed by atoms with Crippen molar-refractivity contribution in [2.75, 3.05) is 23.3 Å². The molecule has 2 N–H and O–H groups in total. The zero-order valence-corrected chi connectivity index (χ0v) is 13.1. The van der Waals surface area contributed by atoms with Crippen molar-refractivity contribution < 1.29 is 9.90 Å². The highest BCUT2D eigenvalue weighted by atomic mass is 35.5. The van der Waals surface area contributed by atoms with Gasteiger partial charge in [0.15, 0.2) is 0 Å². The molecule has 8 heteroatoms. The first kappa shape index (κ1) is 15.5. The number of nitrogens with zero attached hydrogens (tertiary/aromatic N) is 4. The highest BCUT2D eigenvalue weighted by molar-refractivity contribution is 6.28. The number of aromatic carboxylic acids is 1. The average Bonchev–Trinajstić information content (AvgIpc) is 2.55. The third-order valence-electron chi connectivity index (χ3n) is 3.62. The molecule has 1 aromatic carbocycles. The van der Waals surface area contributed by atoms with Gasteiger partial charge < -0.3 is 15.3 Å². The molecule has 0 amide bonds. The Hall–Kier alpha value is -2.41. The summed E-state index contributed by atoms with van der Waals surface area (Å²) in [6.07, 6.45) is 3.45. The van der Waals surface area contributed by atoms with Crippen molar-refractivity contribution in [3.8, 4) is 0 Å². The van der Waals surface area contributed by atoms with Crippen LogP contribution in [0.25, 0.3) is 0 Å². The van der Waals surface area contributed by atoms with Crippen LogP contribution in [-0.2, 0) is 0 Å². The van der Waals surface area contributed by atoms with Gasteiger partial charge in [-0.05, 0) is 55.1 Å². The van der Waals surface area contributed by atoms with Gasteiger partial charge in [-0.3, -0.25) is 0 Å². The maximum atomic E-state index is 10.9. The molecule has 2 aromatic rings. The number of piperidine rings is 1. The van der Waals surface area contributed by atoms with Crippen LogP contribution in [0.3, 0.4) is 0 Å². The Morgan fingerprint density at radius 2 is 1.78 bits per heavy atom. The zero-order valence-electron chi connectivity index (χ0n) is 12.4. The van der Waals surface area contributed by atoms with Crippen LogP contribution >= 0.6 is 11.6 Å². The lowest BCUT2D eigenvalue weighted by Gasteiger charge is -2.26. The van der Waals surface area contributed by atoms with Gasteiger partial charge in [0.1, 0.15) is 0 Å². The van der Waals surface area contributed by atoms with E-state index in [1.165, 1.54) is 18.6 Å². The van der Waals surface area contributed by atoms with Gasteiger partial charge in [0.05, 0.1) is 5.56 Å². The third kappa shape index (κ3) is 3.87. The second-order valence-corrected chi connectivity index (χ2v) is 5.62. The zero-order chi connectivity index (χ0) is 16.2. The highest BCUT2D eigenvalue weighted by Crippen LogP contribution is 2.20. The fraction of sp³-hybridized carbons (Fsp3) is 0.333. The van der Waals surface area contributed by atoms with Crippen LogP contribution in [0, 0.1) is 0 Å². The molecule has 0 atom stereocenters. The molecule has 0 saturated carbocycles. The summed E-state index contributed by atoms with van der Waals surface area (Å²) in [5.74, 6) is -0.0601. The number of hydrogen-bond acceptors (Lipinski definition) is 6. The monoisotopic (exact) mass is 333 g/mol. The maximum absolute atomic E-state index is 10.9. The van der Waals surface area contributed by atoms with Crippen molar-refractivity contribution in [2.24, 2.45) is 0 Å². The van der Waals surface area contributed by atoms with Crippen LogP contribution in [0.1, 0.15) is 29.6 Å². The number of benzene rings is 1. The number of rotatable bonds is 4. The van der Waals surface area contributed by atoms with Gasteiger partial charge in [-0.25, -0.2) is 4.79 Å². The second-order valence-electron chi connectivity index (χ2n) is 5.28. The summed E-state index contributed by atoms with van der Waals surface area (Å²) in [5, 5.41) is 12.1. The van der Waals surface area contributed by atoms with Gasteiger partial charge in [-0.1, -0.05) is 0 Å². The Morgan fingerprint density at radius 3 is 2.43 bits per heavy atom. The van der Waals surface area contributed by atoms with Gasteiger partial charge in [-0.2, -0.15) is 15.0 Å². The number of hydrogen-bond donors (Lipinski definition) is 2. The lowest BCUT2D eigenvalue weighted by atomic mass is 10.1. The summed E-state index contributed by atoms with van der Waals surface area (Å²) in [6.45, 7) is 1.82. The van der Waals surface area contributed by atoms with E-state index in [4.69, 9.17) is 16.7 Å². The summed E-state index contributed by atoms with van der Waals surface area (Å²) in [4.78, 5) is 25.6. The summed E-state index contributed by atoms with van der Waals surface area (Å²) in [5.41, 5.74) is 0.903. The molecule has 0 radical (unpaired) electrons. The van der Waals surface area contributed by atoms with Crippen molar-refractivity contribution >= 4 is 35.2 Å². The largest absolute Gasteiger partial charge is 0.478 e. The van der Waals surface area contributed by atoms with Gasteiger partial charge in [-0.15, -0.1) is 0 Å². The first-order chi connectivity index (χ1) is 11.1. The summed E-state index contributed by atoms with van der Waals surface area (Å²) < 4.78 is 0. The molecule has 1 saturated heterocycles. The predicted molar refractivity (Wildman–Crippen MR) is 87.6 cm³/mol. The Balaban J connectivity index is 1.79. The number of nitrogens with one attached hydrogen (secondary N) is 1. The SMILES string of the molecule is O=C(O)c1ccc(Nc2nc(Cl)nc(N3CCCCC3)n2)cc1. The van der Waals surface area contributed by atoms with Crippen molar-refractivity contribution in [1.82, 2.24) is 15.0 Å². The number of carboxylic acids is 1. The molecule has 1 fully saturated rings. The molecule has 1 aliphatic rings. The molecule has 120 valence electrons. The van der Waals surface area contributed by atoms with Gasteiger partial charge >= 0.3 is 5.97 Å². The first-order valence-electron chi connectivity index (χ1n) is 7.39. The van der Waals surface area contributed by atoms with E-state index in [1.54, 1.807) is 12.1 Å². The van der Waals surface area contributed by atoms with E-state index in [2.05, 4.69) is 25.2 Å². The van der Waals surface area contributed by atoms with Crippen LogP contribution in [0.4, 0.5) is 17.6 Å². The molecule has 3 rings (SSSR count). The molecular formula is C15H16ClN5O2. The molecule has 7 nitrogen and oxygen atoms in total. The lowest BCUT2D eigenvalue weighted by Crippen LogP contribution is -2.31. The second kappa shape index (κ2) is 6.78. The van der Waals surface area contributed by atoms with E-state index in [0.717, 1.165) is 25.9 Å². The third-order valence-corrected chi connectivity index (χ3v) is 3.79. The number of anilines is 3. The van der Waals surface area contributed by atoms with Crippen molar-refractivity contribution in [2.45, 2.75) is 19.3 Å². The smallest absolute Gasteiger partial charge is 0.335 e. The van der Waals surface area contributed by atoms with Crippen molar-refractivity contribution in [3.05, 3.63) is 35.1 Å². The molecular weight excluding hydrogens is 318 g/mol. The Kier molecular flexibility index (Phi) is 4.57. The minimum Gasteiger partial charge on any atom is -0.478 e. The summed E-state index contributed by atoms with van der Waals surface area (Å²) >= 11 is 6.00. The standard InChI is InChI=1S/C15H16ClN5O2/c16-13-18-14(17-11-6-4-10(5-7-11)12(22)23)20-15(19-13)21-8-2-1-3-9-21/h4-7H,1-3,8-9H2,(H,22,23)(H,17,18,19,20). The van der Waals surface area contributed by atoms with E-state index in [9.17, 15) is 4.79 Å². The number of carboxylic acid groups (broad SMARTS) is 1. The number of halogens is 1. The quantitative estimate of drug-likeness (QED) is 0.888. The molecule has 2 heterocycles. The van der Waals surface area contributed by atoms with Gasteiger partial charge in [0.2, 0.25) is 17.2 Å². The van der Waals surface area contributed by atoms with E-state index in [1.807, 2.05) is 0 Å². The summed E-state index contributed by atoms with van der Waals surface area (Å²) in [6, 6.07) is 6.33. The number of carbonyl (C=O) groups is 1. The van der Waals surface area contributed by atoms with E-state index >= 15 is 0 Å². The van der Waals surface area contributed by atoms with E-state index in [0.29, 0.717) is 17.6 Å². The maximum Gasteiger partial charge on any atom is 0.335 e. The van der Waals surface area contributed by atoms with Crippen molar-refractivity contribution in [1.29, 1.82) is 0 Å². The fourth-order valence-corrected chi connectivity index (χ4v) is 2.61. The van der Waals surface area contributed by atoms with E-state index < -0.39 is 5.97 Å². The molecule has 1 aliphatic heterocycles. The molecule has 0 unspecified atom stereocenters. The molecule has 0 spiro atoms. The minimum absolute atomic E-state index is 0.130. The predicted octanol–water partition coefficient (Wildman–Crippen LogP) is 2.96. The normalized spacial score (nSPS) is 14.6. The van der Waals surface area contributed by atoms with Crippen LogP contribution in [0.2, 0.25) is 5.28 Å². The Morgan fingerprint density at radius 1 is 1.09 bits per heavy atom. The number of aromatic nitrogens is 3. The Bertz CT molecular complexity index is 702. The van der Waals surface area contributed by atoms with Gasteiger partial charge in [0.25, 0.3) is 0 Å². The van der Waals surface area contributed by atoms with Crippen LogP contribution in [0.15, 0.2) is 24.3 Å². The van der Waals surface area contributed by atoms with Crippen LogP contribution < -0.4 is 10.2 Å². The molecule has 0 aliphatic carbocycles. The fourth-order valence-electron chi connectivity index (χ4n) is 2.46. The average molecular weight is 334 g/mol.